The molecule has 0 radical (unpaired) electrons. The summed E-state index contributed by atoms with van der Waals surface area (Å²) in [6.07, 6.45) is 0. The fourth-order valence-corrected chi connectivity index (χ4v) is 2.50. The van der Waals surface area contributed by atoms with Crippen LogP contribution in [0.1, 0.15) is 18.1 Å². The number of benzene rings is 2. The van der Waals surface area contributed by atoms with Crippen LogP contribution in [0.3, 0.4) is 0 Å². The van der Waals surface area contributed by atoms with Gasteiger partial charge in [-0.25, -0.2) is 9.36 Å². The van der Waals surface area contributed by atoms with Crippen LogP contribution in [-0.2, 0) is 0 Å². The van der Waals surface area contributed by atoms with E-state index in [2.05, 4.69) is 15.5 Å². The van der Waals surface area contributed by atoms with Crippen LogP contribution in [0.2, 0.25) is 0 Å². The zero-order valence-electron chi connectivity index (χ0n) is 14.4. The third-order valence-corrected chi connectivity index (χ3v) is 3.87. The van der Waals surface area contributed by atoms with Gasteiger partial charge in [0.05, 0.1) is 17.1 Å². The van der Waals surface area contributed by atoms with Gasteiger partial charge in [0.2, 0.25) is 5.88 Å². The highest BCUT2D eigenvalue weighted by Gasteiger charge is 2.18. The number of nitrogens with one attached hydrogen (secondary N) is 2. The van der Waals surface area contributed by atoms with Gasteiger partial charge < -0.3 is 5.11 Å². The molecule has 0 atom stereocenters. The molecule has 3 aromatic rings. The molecule has 0 bridgehead atoms. The molecule has 0 spiro atoms. The van der Waals surface area contributed by atoms with Crippen LogP contribution < -0.4 is 16.7 Å². The molecular weight excluding hydrogens is 332 g/mol. The number of aryl methyl sites for hydroxylation is 1. The third kappa shape index (κ3) is 3.41. The number of anilines is 1. The van der Waals surface area contributed by atoms with E-state index in [1.54, 1.807) is 19.1 Å². The number of para-hydroxylation sites is 1. The number of hydrazone groups is 1. The number of aromatic hydroxyl groups is 1. The van der Waals surface area contributed by atoms with Crippen molar-refractivity contribution in [3.8, 4) is 11.6 Å². The van der Waals surface area contributed by atoms with Crippen molar-refractivity contribution in [3.63, 3.8) is 0 Å². The average molecular weight is 350 g/mol. The Bertz CT molecular complexity index is 1060. The molecule has 3 rings (SSSR count). The van der Waals surface area contributed by atoms with Crippen molar-refractivity contribution in [2.75, 3.05) is 5.43 Å². The molecule has 0 aliphatic carbocycles. The maximum atomic E-state index is 12.2. The van der Waals surface area contributed by atoms with Crippen molar-refractivity contribution in [2.24, 2.45) is 5.10 Å². The summed E-state index contributed by atoms with van der Waals surface area (Å²) < 4.78 is 1.04. The monoisotopic (exact) mass is 350 g/mol. The minimum absolute atomic E-state index is 0.0754. The standard InChI is InChI=1S/C19H18N4O3/c1-12-8-10-15(11-9-12)23-18(25)16(17(24)20-19(23)26)13(2)21-22-14-6-4-3-5-7-14/h3-11,22,25H,1-2H3,(H,20,24,26). The van der Waals surface area contributed by atoms with Gasteiger partial charge in [0.1, 0.15) is 5.56 Å². The first-order valence-electron chi connectivity index (χ1n) is 7.98. The van der Waals surface area contributed by atoms with Crippen LogP contribution in [0.25, 0.3) is 5.69 Å². The summed E-state index contributed by atoms with van der Waals surface area (Å²) in [6.45, 7) is 3.49. The summed E-state index contributed by atoms with van der Waals surface area (Å²) in [5.41, 5.74) is 3.75. The number of aromatic amines is 1. The molecule has 132 valence electrons. The van der Waals surface area contributed by atoms with E-state index in [4.69, 9.17) is 0 Å². The molecule has 7 nitrogen and oxygen atoms in total. The lowest BCUT2D eigenvalue weighted by Gasteiger charge is -2.11. The van der Waals surface area contributed by atoms with Gasteiger partial charge in [-0.3, -0.25) is 15.2 Å². The van der Waals surface area contributed by atoms with Crippen LogP contribution in [0.15, 0.2) is 69.3 Å². The smallest absolute Gasteiger partial charge is 0.335 e. The molecule has 0 aliphatic heterocycles. The minimum atomic E-state index is -0.719. The van der Waals surface area contributed by atoms with Crippen LogP contribution in [-0.4, -0.2) is 20.4 Å². The van der Waals surface area contributed by atoms with E-state index in [1.807, 2.05) is 49.4 Å². The van der Waals surface area contributed by atoms with E-state index in [0.717, 1.165) is 15.8 Å². The Balaban J connectivity index is 2.07. The number of hydrogen-bond acceptors (Lipinski definition) is 5. The summed E-state index contributed by atoms with van der Waals surface area (Å²) in [5, 5.41) is 14.7. The normalized spacial score (nSPS) is 11.4. The van der Waals surface area contributed by atoms with Crippen LogP contribution in [0.4, 0.5) is 5.69 Å². The largest absolute Gasteiger partial charge is 0.493 e. The summed E-state index contributed by atoms with van der Waals surface area (Å²) in [6, 6.07) is 16.2. The highest BCUT2D eigenvalue weighted by Crippen LogP contribution is 2.18. The van der Waals surface area contributed by atoms with E-state index in [-0.39, 0.29) is 11.3 Å². The molecule has 1 aromatic heterocycles. The highest BCUT2D eigenvalue weighted by molar-refractivity contribution is 6.00. The predicted octanol–water partition coefficient (Wildman–Crippen LogP) is 2.38. The zero-order valence-corrected chi connectivity index (χ0v) is 14.4. The lowest BCUT2D eigenvalue weighted by molar-refractivity contribution is 0.429. The zero-order chi connectivity index (χ0) is 18.7. The van der Waals surface area contributed by atoms with Crippen molar-refractivity contribution in [1.29, 1.82) is 0 Å². The lowest BCUT2D eigenvalue weighted by Crippen LogP contribution is -2.32. The summed E-state index contributed by atoms with van der Waals surface area (Å²) in [5.74, 6) is -0.460. The molecule has 0 saturated heterocycles. The molecule has 1 heterocycles. The maximum Gasteiger partial charge on any atom is 0.335 e. The fraction of sp³-hybridized carbons (Fsp3) is 0.105. The van der Waals surface area contributed by atoms with Gasteiger partial charge in [0, 0.05) is 0 Å². The van der Waals surface area contributed by atoms with Gasteiger partial charge in [0.25, 0.3) is 5.56 Å². The van der Waals surface area contributed by atoms with Crippen molar-refractivity contribution in [1.82, 2.24) is 9.55 Å². The van der Waals surface area contributed by atoms with E-state index in [0.29, 0.717) is 5.69 Å². The second-order valence-electron chi connectivity index (χ2n) is 5.80. The highest BCUT2D eigenvalue weighted by atomic mass is 16.3. The Morgan fingerprint density at radius 1 is 1.08 bits per heavy atom. The van der Waals surface area contributed by atoms with E-state index in [9.17, 15) is 14.7 Å². The molecule has 2 aromatic carbocycles. The number of H-pyrrole nitrogens is 1. The minimum Gasteiger partial charge on any atom is -0.493 e. The molecule has 26 heavy (non-hydrogen) atoms. The number of nitrogens with zero attached hydrogens (tertiary/aromatic N) is 2. The first kappa shape index (κ1) is 17.2. The van der Waals surface area contributed by atoms with E-state index < -0.39 is 17.1 Å². The van der Waals surface area contributed by atoms with Gasteiger partial charge in [0.15, 0.2) is 0 Å². The van der Waals surface area contributed by atoms with Gasteiger partial charge >= 0.3 is 5.69 Å². The first-order chi connectivity index (χ1) is 12.5. The van der Waals surface area contributed by atoms with Crippen molar-refractivity contribution >= 4 is 11.4 Å². The molecule has 0 aliphatic rings. The van der Waals surface area contributed by atoms with Crippen LogP contribution in [0, 0.1) is 6.92 Å². The SMILES string of the molecule is CC(=NNc1ccccc1)c1c(O)n(-c2ccc(C)cc2)c(=O)[nH]c1=O. The van der Waals surface area contributed by atoms with E-state index >= 15 is 0 Å². The van der Waals surface area contributed by atoms with Crippen molar-refractivity contribution in [3.05, 3.63) is 86.6 Å². The molecule has 0 amide bonds. The Morgan fingerprint density at radius 3 is 2.38 bits per heavy atom. The molecule has 0 unspecified atom stereocenters. The Hall–Kier alpha value is -3.61. The van der Waals surface area contributed by atoms with E-state index in [1.165, 1.54) is 0 Å². The Morgan fingerprint density at radius 2 is 1.73 bits per heavy atom. The maximum absolute atomic E-state index is 12.2. The van der Waals surface area contributed by atoms with Crippen LogP contribution in [0.5, 0.6) is 5.88 Å². The van der Waals surface area contributed by atoms with Crippen LogP contribution >= 0.6 is 0 Å². The first-order valence-corrected chi connectivity index (χ1v) is 7.98. The number of hydrogen-bond donors (Lipinski definition) is 3. The van der Waals surface area contributed by atoms with Gasteiger partial charge in [-0.2, -0.15) is 5.10 Å². The number of rotatable bonds is 4. The molecular formula is C19H18N4O3. The summed E-state index contributed by atoms with van der Waals surface area (Å²) in [7, 11) is 0. The fourth-order valence-electron chi connectivity index (χ4n) is 2.50. The quantitative estimate of drug-likeness (QED) is 0.497. The predicted molar refractivity (Wildman–Crippen MR) is 101 cm³/mol. The second-order valence-corrected chi connectivity index (χ2v) is 5.80. The Kier molecular flexibility index (Phi) is 4.70. The summed E-state index contributed by atoms with van der Waals surface area (Å²) >= 11 is 0. The second kappa shape index (κ2) is 7.10. The third-order valence-electron chi connectivity index (χ3n) is 3.87. The molecule has 0 saturated carbocycles. The average Bonchev–Trinajstić information content (AvgIpc) is 2.62. The van der Waals surface area contributed by atoms with Crippen molar-refractivity contribution in [2.45, 2.75) is 13.8 Å². The Labute approximate surface area is 149 Å². The number of aromatic nitrogens is 2. The van der Waals surface area contributed by atoms with Gasteiger partial charge in [-0.15, -0.1) is 0 Å². The molecule has 0 fully saturated rings. The van der Waals surface area contributed by atoms with Gasteiger partial charge in [-0.1, -0.05) is 35.9 Å². The topological polar surface area (TPSA) is 99.5 Å². The molecule has 7 heteroatoms. The summed E-state index contributed by atoms with van der Waals surface area (Å²) in [4.78, 5) is 26.6. The van der Waals surface area contributed by atoms with Gasteiger partial charge in [-0.05, 0) is 38.1 Å². The molecule has 3 N–H and O–H groups in total. The lowest BCUT2D eigenvalue weighted by atomic mass is 10.2. The van der Waals surface area contributed by atoms with Crippen molar-refractivity contribution < 1.29 is 5.11 Å².